The second-order valence-corrected chi connectivity index (χ2v) is 8.01. The standard InChI is InChI=1S/C23H24N4O2/c28-21-14-18(15-27(21)22-19-8-4-5-9-20(19)24-25-22)23(29)26-12-10-17(11-13-26)16-6-2-1-3-7-16/h1-9,17-18H,10-15H2,(H,24,25)/t18-/m1/s1. The number of para-hydroxylation sites is 1. The summed E-state index contributed by atoms with van der Waals surface area (Å²) in [5.74, 6) is 0.930. The maximum atomic E-state index is 13.1. The Morgan fingerprint density at radius 3 is 2.52 bits per heavy atom. The summed E-state index contributed by atoms with van der Waals surface area (Å²) in [5, 5.41) is 8.22. The number of hydrogen-bond acceptors (Lipinski definition) is 3. The highest BCUT2D eigenvalue weighted by atomic mass is 16.2. The number of aromatic amines is 1. The Balaban J connectivity index is 1.25. The van der Waals surface area contributed by atoms with E-state index in [-0.39, 0.29) is 24.2 Å². The molecule has 0 spiro atoms. The topological polar surface area (TPSA) is 69.3 Å². The lowest BCUT2D eigenvalue weighted by molar-refractivity contribution is -0.136. The third kappa shape index (κ3) is 3.28. The molecule has 0 saturated carbocycles. The number of nitrogens with one attached hydrogen (secondary N) is 1. The number of carbonyl (C=O) groups excluding carboxylic acids is 2. The molecule has 2 aliphatic rings. The molecule has 2 aliphatic heterocycles. The molecule has 2 fully saturated rings. The Bertz CT molecular complexity index is 1040. The molecule has 0 unspecified atom stereocenters. The minimum absolute atomic E-state index is 0.0280. The lowest BCUT2D eigenvalue weighted by atomic mass is 9.89. The van der Waals surface area contributed by atoms with Crippen LogP contribution in [0.4, 0.5) is 5.82 Å². The molecule has 0 aliphatic carbocycles. The fraction of sp³-hybridized carbons (Fsp3) is 0.348. The molecule has 29 heavy (non-hydrogen) atoms. The van der Waals surface area contributed by atoms with Crippen LogP contribution in [0, 0.1) is 5.92 Å². The maximum Gasteiger partial charge on any atom is 0.229 e. The number of H-pyrrole nitrogens is 1. The maximum absolute atomic E-state index is 13.1. The summed E-state index contributed by atoms with van der Waals surface area (Å²) in [6.45, 7) is 1.92. The Hall–Kier alpha value is -3.15. The van der Waals surface area contributed by atoms with E-state index in [0.717, 1.165) is 36.8 Å². The van der Waals surface area contributed by atoms with E-state index >= 15 is 0 Å². The molecule has 3 aromatic rings. The van der Waals surface area contributed by atoms with Crippen LogP contribution in [0.3, 0.4) is 0 Å². The average molecular weight is 388 g/mol. The van der Waals surface area contributed by atoms with E-state index in [4.69, 9.17) is 0 Å². The second kappa shape index (κ2) is 7.35. The highest BCUT2D eigenvalue weighted by molar-refractivity contribution is 6.05. The van der Waals surface area contributed by atoms with Crippen molar-refractivity contribution in [3.05, 3.63) is 60.2 Å². The summed E-state index contributed by atoms with van der Waals surface area (Å²) in [4.78, 5) is 29.4. The first-order valence-corrected chi connectivity index (χ1v) is 10.3. The van der Waals surface area contributed by atoms with Crippen LogP contribution in [-0.4, -0.2) is 46.5 Å². The highest BCUT2D eigenvalue weighted by Crippen LogP contribution is 2.32. The lowest BCUT2D eigenvalue weighted by Gasteiger charge is -2.33. The van der Waals surface area contributed by atoms with Gasteiger partial charge in [0.25, 0.3) is 0 Å². The quantitative estimate of drug-likeness (QED) is 0.748. The van der Waals surface area contributed by atoms with Crippen molar-refractivity contribution in [1.82, 2.24) is 15.1 Å². The molecule has 2 saturated heterocycles. The monoisotopic (exact) mass is 388 g/mol. The minimum atomic E-state index is -0.286. The summed E-state index contributed by atoms with van der Waals surface area (Å²) in [7, 11) is 0. The van der Waals surface area contributed by atoms with Gasteiger partial charge in [-0.2, -0.15) is 5.10 Å². The fourth-order valence-electron chi connectivity index (χ4n) is 4.65. The van der Waals surface area contributed by atoms with Gasteiger partial charge < -0.3 is 4.90 Å². The molecular formula is C23H24N4O2. The Labute approximate surface area is 169 Å². The zero-order valence-corrected chi connectivity index (χ0v) is 16.3. The number of likely N-dealkylation sites (tertiary alicyclic amines) is 1. The number of amides is 2. The predicted molar refractivity (Wildman–Crippen MR) is 112 cm³/mol. The van der Waals surface area contributed by atoms with Gasteiger partial charge in [0.1, 0.15) is 0 Å². The van der Waals surface area contributed by atoms with Crippen molar-refractivity contribution in [1.29, 1.82) is 0 Å². The molecule has 6 nitrogen and oxygen atoms in total. The number of benzene rings is 2. The van der Waals surface area contributed by atoms with Crippen molar-refractivity contribution in [2.24, 2.45) is 5.92 Å². The van der Waals surface area contributed by atoms with Gasteiger partial charge in [-0.25, -0.2) is 0 Å². The first kappa shape index (κ1) is 17.9. The Morgan fingerprint density at radius 2 is 1.72 bits per heavy atom. The minimum Gasteiger partial charge on any atom is -0.342 e. The van der Waals surface area contributed by atoms with Crippen molar-refractivity contribution < 1.29 is 9.59 Å². The van der Waals surface area contributed by atoms with Crippen LogP contribution in [0.1, 0.15) is 30.7 Å². The zero-order chi connectivity index (χ0) is 19.8. The van der Waals surface area contributed by atoms with Gasteiger partial charge in [0.2, 0.25) is 11.8 Å². The number of fused-ring (bicyclic) bond motifs is 1. The van der Waals surface area contributed by atoms with E-state index in [1.165, 1.54) is 5.56 Å². The number of anilines is 1. The number of carbonyl (C=O) groups is 2. The summed E-state index contributed by atoms with van der Waals surface area (Å²) in [5.41, 5.74) is 2.25. The third-order valence-corrected chi connectivity index (χ3v) is 6.26. The van der Waals surface area contributed by atoms with Crippen molar-refractivity contribution in [2.75, 3.05) is 24.5 Å². The van der Waals surface area contributed by atoms with E-state index in [2.05, 4.69) is 34.5 Å². The predicted octanol–water partition coefficient (Wildman–Crippen LogP) is 3.32. The first-order chi connectivity index (χ1) is 14.2. The lowest BCUT2D eigenvalue weighted by Crippen LogP contribution is -2.42. The second-order valence-electron chi connectivity index (χ2n) is 8.01. The van der Waals surface area contributed by atoms with Crippen LogP contribution in [0.5, 0.6) is 0 Å². The van der Waals surface area contributed by atoms with Crippen LogP contribution in [0.25, 0.3) is 10.9 Å². The molecule has 1 N–H and O–H groups in total. The van der Waals surface area contributed by atoms with E-state index in [0.29, 0.717) is 18.3 Å². The number of nitrogens with zero attached hydrogens (tertiary/aromatic N) is 3. The molecule has 1 aromatic heterocycles. The Kier molecular flexibility index (Phi) is 4.54. The smallest absolute Gasteiger partial charge is 0.229 e. The van der Waals surface area contributed by atoms with E-state index < -0.39 is 0 Å². The molecule has 1 atom stereocenters. The van der Waals surface area contributed by atoms with Crippen LogP contribution in [0.15, 0.2) is 54.6 Å². The normalized spacial score (nSPS) is 20.6. The van der Waals surface area contributed by atoms with Crippen molar-refractivity contribution in [2.45, 2.75) is 25.2 Å². The number of hydrogen-bond donors (Lipinski definition) is 1. The van der Waals surface area contributed by atoms with Gasteiger partial charge in [-0.15, -0.1) is 0 Å². The first-order valence-electron chi connectivity index (χ1n) is 10.3. The molecule has 5 rings (SSSR count). The molecule has 0 bridgehead atoms. The molecule has 6 heteroatoms. The van der Waals surface area contributed by atoms with Crippen molar-refractivity contribution >= 4 is 28.5 Å². The number of aromatic nitrogens is 2. The van der Waals surface area contributed by atoms with Gasteiger partial charge in [-0.1, -0.05) is 42.5 Å². The summed E-state index contributed by atoms with van der Waals surface area (Å²) in [6, 6.07) is 18.3. The van der Waals surface area contributed by atoms with Gasteiger partial charge in [0.05, 0.1) is 11.4 Å². The molecule has 3 heterocycles. The molecule has 148 valence electrons. The Morgan fingerprint density at radius 1 is 1.00 bits per heavy atom. The average Bonchev–Trinajstić information content (AvgIpc) is 3.37. The largest absolute Gasteiger partial charge is 0.342 e. The third-order valence-electron chi connectivity index (χ3n) is 6.26. The van der Waals surface area contributed by atoms with Crippen molar-refractivity contribution in [3.8, 4) is 0 Å². The molecule has 0 radical (unpaired) electrons. The van der Waals surface area contributed by atoms with Crippen LogP contribution >= 0.6 is 0 Å². The van der Waals surface area contributed by atoms with Gasteiger partial charge in [-0.3, -0.25) is 19.6 Å². The molecular weight excluding hydrogens is 364 g/mol. The summed E-state index contributed by atoms with van der Waals surface area (Å²) >= 11 is 0. The van der Waals surface area contributed by atoms with E-state index in [9.17, 15) is 9.59 Å². The SMILES string of the molecule is O=C([C@@H]1CC(=O)N(c2n[nH]c3ccccc23)C1)N1CCC(c2ccccc2)CC1. The van der Waals surface area contributed by atoms with Gasteiger partial charge in [0, 0.05) is 31.4 Å². The molecule has 2 aromatic carbocycles. The van der Waals surface area contributed by atoms with Gasteiger partial charge in [-0.05, 0) is 36.5 Å². The van der Waals surface area contributed by atoms with Crippen LogP contribution in [0.2, 0.25) is 0 Å². The molecule has 2 amide bonds. The number of rotatable bonds is 3. The van der Waals surface area contributed by atoms with Gasteiger partial charge >= 0.3 is 0 Å². The van der Waals surface area contributed by atoms with Crippen LogP contribution < -0.4 is 4.90 Å². The van der Waals surface area contributed by atoms with Crippen molar-refractivity contribution in [3.63, 3.8) is 0 Å². The summed E-state index contributed by atoms with van der Waals surface area (Å²) < 4.78 is 0. The van der Waals surface area contributed by atoms with E-state index in [1.807, 2.05) is 35.2 Å². The highest BCUT2D eigenvalue weighted by Gasteiger charge is 2.39. The fourth-order valence-corrected chi connectivity index (χ4v) is 4.65. The van der Waals surface area contributed by atoms with E-state index in [1.54, 1.807) is 4.90 Å². The summed E-state index contributed by atoms with van der Waals surface area (Å²) in [6.07, 6.45) is 2.22. The zero-order valence-electron chi connectivity index (χ0n) is 16.3. The number of piperidine rings is 1. The van der Waals surface area contributed by atoms with Gasteiger partial charge in [0.15, 0.2) is 5.82 Å². The van der Waals surface area contributed by atoms with Crippen LogP contribution in [-0.2, 0) is 9.59 Å².